The number of aryl methyl sites for hydroxylation is 1. The number of carbonyl (C=O) groups excluding carboxylic acids is 2. The number of ether oxygens (including phenoxy) is 1. The molecule has 0 aliphatic rings. The van der Waals surface area contributed by atoms with E-state index in [2.05, 4.69) is 20.8 Å². The van der Waals surface area contributed by atoms with Gasteiger partial charge in [0.25, 0.3) is 0 Å². The average Bonchev–Trinajstić information content (AvgIpc) is 3.02. The molecule has 0 saturated carbocycles. The molecule has 0 bridgehead atoms. The van der Waals surface area contributed by atoms with E-state index in [1.165, 1.54) is 11.8 Å². The Morgan fingerprint density at radius 3 is 2.48 bits per heavy atom. The van der Waals surface area contributed by atoms with Gasteiger partial charge in [-0.3, -0.25) is 9.59 Å². The lowest BCUT2D eigenvalue weighted by atomic mass is 9.92. The summed E-state index contributed by atoms with van der Waals surface area (Å²) in [5, 5.41) is 6.17. The molecule has 2 heterocycles. The van der Waals surface area contributed by atoms with Crippen molar-refractivity contribution in [1.29, 1.82) is 0 Å². The van der Waals surface area contributed by atoms with E-state index in [4.69, 9.17) is 26.4 Å². The number of hydrogen-bond donors (Lipinski definition) is 0. The van der Waals surface area contributed by atoms with E-state index in [0.29, 0.717) is 5.02 Å². The Labute approximate surface area is 191 Å². The SMILES string of the molecule is CCOC(=O)CC(=O)CSc1cc(C(C)(C)C)nc2c(-c3ccc(Cl)cc3)c(C)nn12. The molecule has 2 aromatic heterocycles. The van der Waals surface area contributed by atoms with Crippen molar-refractivity contribution in [1.82, 2.24) is 14.6 Å². The van der Waals surface area contributed by atoms with E-state index < -0.39 is 5.97 Å². The van der Waals surface area contributed by atoms with Crippen LogP contribution in [0.15, 0.2) is 35.4 Å². The number of nitrogens with zero attached hydrogens (tertiary/aromatic N) is 3. The van der Waals surface area contributed by atoms with Gasteiger partial charge in [0, 0.05) is 16.0 Å². The van der Waals surface area contributed by atoms with Crippen molar-refractivity contribution in [2.24, 2.45) is 0 Å². The second kappa shape index (κ2) is 9.40. The Balaban J connectivity index is 2.03. The quantitative estimate of drug-likeness (QED) is 0.207. The fraction of sp³-hybridized carbons (Fsp3) is 0.391. The molecule has 31 heavy (non-hydrogen) atoms. The van der Waals surface area contributed by atoms with Gasteiger partial charge in [0.1, 0.15) is 11.4 Å². The highest BCUT2D eigenvalue weighted by atomic mass is 35.5. The largest absolute Gasteiger partial charge is 0.466 e. The summed E-state index contributed by atoms with van der Waals surface area (Å²) in [6.07, 6.45) is -0.227. The van der Waals surface area contributed by atoms with Gasteiger partial charge in [-0.05, 0) is 37.6 Å². The van der Waals surface area contributed by atoms with E-state index in [1.54, 1.807) is 11.4 Å². The number of hydrogen-bond acceptors (Lipinski definition) is 6. The number of Topliss-reactive ketones (excluding diaryl/α,β-unsaturated/α-hetero) is 1. The second-order valence-corrected chi connectivity index (χ2v) is 9.67. The number of carbonyl (C=O) groups is 2. The minimum Gasteiger partial charge on any atom is -0.466 e. The molecule has 3 rings (SSSR count). The average molecular weight is 460 g/mol. The van der Waals surface area contributed by atoms with E-state index in [1.807, 2.05) is 37.3 Å². The lowest BCUT2D eigenvalue weighted by Crippen LogP contribution is -2.16. The molecule has 0 saturated heterocycles. The van der Waals surface area contributed by atoms with Gasteiger partial charge in [-0.2, -0.15) is 5.10 Å². The number of rotatable bonds is 7. The molecule has 0 atom stereocenters. The minimum atomic E-state index is -0.497. The molecule has 6 nitrogen and oxygen atoms in total. The van der Waals surface area contributed by atoms with Crippen LogP contribution in [0, 0.1) is 6.92 Å². The third-order valence-corrected chi connectivity index (χ3v) is 5.97. The van der Waals surface area contributed by atoms with Crippen LogP contribution in [-0.2, 0) is 19.7 Å². The predicted octanol–water partition coefficient (Wildman–Crippen LogP) is 5.27. The zero-order valence-electron chi connectivity index (χ0n) is 18.4. The van der Waals surface area contributed by atoms with Gasteiger partial charge in [0.05, 0.1) is 23.7 Å². The Kier molecular flexibility index (Phi) is 7.06. The number of esters is 1. The third kappa shape index (κ3) is 5.46. The van der Waals surface area contributed by atoms with Crippen molar-refractivity contribution < 1.29 is 14.3 Å². The fourth-order valence-corrected chi connectivity index (χ4v) is 4.10. The Morgan fingerprint density at radius 2 is 1.87 bits per heavy atom. The van der Waals surface area contributed by atoms with Crippen LogP contribution in [0.5, 0.6) is 0 Å². The first-order valence-corrected chi connectivity index (χ1v) is 11.4. The molecule has 8 heteroatoms. The highest BCUT2D eigenvalue weighted by Gasteiger charge is 2.23. The molecule has 3 aromatic rings. The summed E-state index contributed by atoms with van der Waals surface area (Å²) in [5.74, 6) is -0.535. The first-order chi connectivity index (χ1) is 14.6. The van der Waals surface area contributed by atoms with Gasteiger partial charge < -0.3 is 4.74 Å². The second-order valence-electron chi connectivity index (χ2n) is 8.24. The highest BCUT2D eigenvalue weighted by molar-refractivity contribution is 7.99. The van der Waals surface area contributed by atoms with Crippen LogP contribution < -0.4 is 0 Å². The third-order valence-electron chi connectivity index (χ3n) is 4.66. The lowest BCUT2D eigenvalue weighted by Gasteiger charge is -2.19. The Morgan fingerprint density at radius 1 is 1.19 bits per heavy atom. The highest BCUT2D eigenvalue weighted by Crippen LogP contribution is 2.33. The van der Waals surface area contributed by atoms with Crippen LogP contribution in [0.2, 0.25) is 5.02 Å². The first kappa shape index (κ1) is 23.3. The molecular weight excluding hydrogens is 434 g/mol. The number of halogens is 1. The smallest absolute Gasteiger partial charge is 0.313 e. The predicted molar refractivity (Wildman–Crippen MR) is 124 cm³/mol. The van der Waals surface area contributed by atoms with Crippen molar-refractivity contribution in [2.45, 2.75) is 51.5 Å². The molecule has 0 fully saturated rings. The monoisotopic (exact) mass is 459 g/mol. The summed E-state index contributed by atoms with van der Waals surface area (Å²) < 4.78 is 6.64. The maximum atomic E-state index is 12.3. The van der Waals surface area contributed by atoms with Gasteiger partial charge in [-0.15, -0.1) is 0 Å². The molecule has 0 radical (unpaired) electrons. The van der Waals surface area contributed by atoms with E-state index in [-0.39, 0.29) is 30.0 Å². The van der Waals surface area contributed by atoms with Gasteiger partial charge in [-0.1, -0.05) is 56.3 Å². The molecular formula is C23H26ClN3O3S. The number of benzene rings is 1. The summed E-state index contributed by atoms with van der Waals surface area (Å²) in [7, 11) is 0. The van der Waals surface area contributed by atoms with E-state index in [0.717, 1.165) is 33.2 Å². The van der Waals surface area contributed by atoms with Crippen molar-refractivity contribution in [3.8, 4) is 11.1 Å². The normalized spacial score (nSPS) is 11.7. The molecule has 1 aromatic carbocycles. The lowest BCUT2D eigenvalue weighted by molar-refractivity contribution is -0.145. The van der Waals surface area contributed by atoms with Gasteiger partial charge in [0.15, 0.2) is 11.4 Å². The van der Waals surface area contributed by atoms with Crippen LogP contribution in [0.25, 0.3) is 16.8 Å². The Bertz CT molecular complexity index is 1120. The molecule has 0 unspecified atom stereocenters. The van der Waals surface area contributed by atoms with Crippen LogP contribution in [0.3, 0.4) is 0 Å². The van der Waals surface area contributed by atoms with Crippen LogP contribution in [0.1, 0.15) is 45.5 Å². The van der Waals surface area contributed by atoms with Crippen molar-refractivity contribution in [3.05, 3.63) is 46.7 Å². The summed E-state index contributed by atoms with van der Waals surface area (Å²) >= 11 is 7.41. The van der Waals surface area contributed by atoms with Crippen LogP contribution in [-0.4, -0.2) is 38.7 Å². The molecule has 0 aliphatic carbocycles. The van der Waals surface area contributed by atoms with Crippen molar-refractivity contribution in [2.75, 3.05) is 12.4 Å². The summed E-state index contributed by atoms with van der Waals surface area (Å²) in [6.45, 7) is 10.2. The topological polar surface area (TPSA) is 73.6 Å². The molecule has 0 spiro atoms. The number of thioether (sulfide) groups is 1. The Hall–Kier alpha value is -2.38. The summed E-state index contributed by atoms with van der Waals surface area (Å²) in [6, 6.07) is 9.56. The maximum Gasteiger partial charge on any atom is 0.313 e. The van der Waals surface area contributed by atoms with Crippen molar-refractivity contribution >= 4 is 40.8 Å². The van der Waals surface area contributed by atoms with Crippen molar-refractivity contribution in [3.63, 3.8) is 0 Å². The van der Waals surface area contributed by atoms with Gasteiger partial charge in [-0.25, -0.2) is 9.50 Å². The molecule has 164 valence electrons. The number of fused-ring (bicyclic) bond motifs is 1. The van der Waals surface area contributed by atoms with E-state index in [9.17, 15) is 9.59 Å². The number of ketones is 1. The fourth-order valence-electron chi connectivity index (χ4n) is 3.12. The zero-order valence-corrected chi connectivity index (χ0v) is 19.9. The van der Waals surface area contributed by atoms with Crippen LogP contribution >= 0.6 is 23.4 Å². The summed E-state index contributed by atoms with van der Waals surface area (Å²) in [4.78, 5) is 28.8. The van der Waals surface area contributed by atoms with Crippen LogP contribution in [0.4, 0.5) is 0 Å². The molecule has 0 aliphatic heterocycles. The molecule has 0 amide bonds. The standard InChI is InChI=1S/C23H26ClN3O3S/c1-6-30-20(29)11-17(28)13-31-19-12-18(23(3,4)5)25-22-21(14(2)26-27(19)22)15-7-9-16(24)10-8-15/h7-10,12H,6,11,13H2,1-5H3. The maximum absolute atomic E-state index is 12.3. The number of aromatic nitrogens is 3. The van der Waals surface area contributed by atoms with Gasteiger partial charge >= 0.3 is 5.97 Å². The molecule has 0 N–H and O–H groups in total. The van der Waals surface area contributed by atoms with E-state index >= 15 is 0 Å². The minimum absolute atomic E-state index is 0.150. The zero-order chi connectivity index (χ0) is 22.8. The summed E-state index contributed by atoms with van der Waals surface area (Å²) in [5.41, 5.74) is 4.18. The van der Waals surface area contributed by atoms with Gasteiger partial charge in [0.2, 0.25) is 0 Å². The first-order valence-electron chi connectivity index (χ1n) is 10.1.